The van der Waals surface area contributed by atoms with Crippen molar-refractivity contribution in [2.24, 2.45) is 0 Å². The van der Waals surface area contributed by atoms with Gasteiger partial charge in [0, 0.05) is 31.1 Å². The maximum absolute atomic E-state index is 14.2. The molecular formula is C30H36ClF3N2O4. The zero-order chi connectivity index (χ0) is 29.1. The van der Waals surface area contributed by atoms with Crippen molar-refractivity contribution in [1.29, 1.82) is 0 Å². The van der Waals surface area contributed by atoms with E-state index in [9.17, 15) is 22.8 Å². The Balaban J connectivity index is 1.83. The van der Waals surface area contributed by atoms with Gasteiger partial charge < -0.3 is 19.3 Å². The van der Waals surface area contributed by atoms with Gasteiger partial charge in [0.15, 0.2) is 0 Å². The fourth-order valence-corrected chi connectivity index (χ4v) is 6.15. The second kappa shape index (κ2) is 12.1. The SMILES string of the molecule is Cc1cc(C(Cl)(OCCN(C)C)C2(OC(=O)C(F)(F)F)CCN(C3CCCCC3)C2=O)ccc1-c1ccccc1. The van der Waals surface area contributed by atoms with Gasteiger partial charge >= 0.3 is 12.1 Å². The first-order chi connectivity index (χ1) is 18.9. The number of rotatable bonds is 9. The normalized spacial score (nSPS) is 22.0. The van der Waals surface area contributed by atoms with Gasteiger partial charge in [-0.2, -0.15) is 13.2 Å². The first-order valence-corrected chi connectivity index (χ1v) is 14.0. The number of alkyl halides is 4. The third-order valence-corrected chi connectivity index (χ3v) is 8.50. The second-order valence-electron chi connectivity index (χ2n) is 10.9. The Morgan fingerprint density at radius 3 is 2.38 bits per heavy atom. The first kappa shape index (κ1) is 30.3. The fourth-order valence-electron chi connectivity index (χ4n) is 5.74. The van der Waals surface area contributed by atoms with Crippen LogP contribution in [0.1, 0.15) is 49.7 Å². The minimum atomic E-state index is -5.32. The lowest BCUT2D eigenvalue weighted by atomic mass is 9.85. The summed E-state index contributed by atoms with van der Waals surface area (Å²) in [6.07, 6.45) is -1.22. The number of esters is 1. The maximum atomic E-state index is 14.2. The van der Waals surface area contributed by atoms with E-state index in [-0.39, 0.29) is 31.2 Å². The Morgan fingerprint density at radius 2 is 1.77 bits per heavy atom. The van der Waals surface area contributed by atoms with Crippen molar-refractivity contribution in [3.05, 3.63) is 59.7 Å². The smallest absolute Gasteiger partial charge is 0.437 e. The zero-order valence-electron chi connectivity index (χ0n) is 23.1. The van der Waals surface area contributed by atoms with Gasteiger partial charge in [-0.1, -0.05) is 79.4 Å². The molecule has 0 aromatic heterocycles. The summed E-state index contributed by atoms with van der Waals surface area (Å²) in [5, 5.41) is -2.20. The summed E-state index contributed by atoms with van der Waals surface area (Å²) in [5.41, 5.74) is 0.445. The standard InChI is InChI=1S/C30H36ClF3N2O4/c1-21-20-23(14-15-25(21)22-10-6-4-7-11-22)29(31,39-19-18-35(2)3)28(40-27(38)30(32,33)34)16-17-36(26(28)37)24-12-8-5-9-13-24/h4,6-7,10-11,14-15,20,24H,5,8-9,12-13,16-19H2,1-3H3. The zero-order valence-corrected chi connectivity index (χ0v) is 23.9. The van der Waals surface area contributed by atoms with Crippen LogP contribution in [-0.4, -0.2) is 73.3 Å². The number of aryl methyl sites for hydroxylation is 1. The summed E-state index contributed by atoms with van der Waals surface area (Å²) in [5.74, 6) is -3.22. The van der Waals surface area contributed by atoms with E-state index in [1.165, 1.54) is 0 Å². The number of ether oxygens (including phenoxy) is 2. The average Bonchev–Trinajstić information content (AvgIpc) is 3.25. The lowest BCUT2D eigenvalue weighted by molar-refractivity contribution is -0.230. The number of hydrogen-bond acceptors (Lipinski definition) is 5. The lowest BCUT2D eigenvalue weighted by Crippen LogP contribution is -2.60. The van der Waals surface area contributed by atoms with E-state index in [1.54, 1.807) is 23.1 Å². The minimum Gasteiger partial charge on any atom is -0.437 e. The van der Waals surface area contributed by atoms with E-state index < -0.39 is 28.7 Å². The van der Waals surface area contributed by atoms with Gasteiger partial charge in [-0.25, -0.2) is 4.79 Å². The molecule has 0 N–H and O–H groups in total. The summed E-state index contributed by atoms with van der Waals surface area (Å²) in [7, 11) is 3.62. The van der Waals surface area contributed by atoms with Crippen molar-refractivity contribution < 1.29 is 32.2 Å². The quantitative estimate of drug-likeness (QED) is 0.267. The van der Waals surface area contributed by atoms with Gasteiger partial charge in [-0.3, -0.25) is 4.79 Å². The summed E-state index contributed by atoms with van der Waals surface area (Å²) in [4.78, 5) is 29.9. The average molecular weight is 581 g/mol. The molecule has 10 heteroatoms. The van der Waals surface area contributed by atoms with E-state index in [1.807, 2.05) is 56.3 Å². The molecular weight excluding hydrogens is 545 g/mol. The third-order valence-electron chi connectivity index (χ3n) is 7.87. The number of amides is 1. The molecule has 6 nitrogen and oxygen atoms in total. The molecule has 2 atom stereocenters. The Kier molecular flexibility index (Phi) is 9.17. The highest BCUT2D eigenvalue weighted by molar-refractivity contribution is 6.26. The predicted octanol–water partition coefficient (Wildman–Crippen LogP) is 6.04. The van der Waals surface area contributed by atoms with Gasteiger partial charge in [-0.15, -0.1) is 0 Å². The largest absolute Gasteiger partial charge is 0.490 e. The van der Waals surface area contributed by atoms with Crippen LogP contribution in [0.2, 0.25) is 0 Å². The van der Waals surface area contributed by atoms with Crippen LogP contribution in [-0.2, 0) is 24.1 Å². The monoisotopic (exact) mass is 580 g/mol. The molecule has 1 saturated carbocycles. The molecule has 2 aromatic rings. The molecule has 2 aliphatic rings. The van der Waals surface area contributed by atoms with Crippen molar-refractivity contribution in [3.8, 4) is 11.1 Å². The molecule has 40 heavy (non-hydrogen) atoms. The number of halogens is 4. The molecule has 4 rings (SSSR count). The predicted molar refractivity (Wildman–Crippen MR) is 147 cm³/mol. The molecule has 2 fully saturated rings. The maximum Gasteiger partial charge on any atom is 0.490 e. The van der Waals surface area contributed by atoms with Crippen LogP contribution in [0, 0.1) is 6.92 Å². The molecule has 1 aliphatic carbocycles. The van der Waals surface area contributed by atoms with Crippen molar-refractivity contribution >= 4 is 23.5 Å². The van der Waals surface area contributed by atoms with Crippen LogP contribution in [0.25, 0.3) is 11.1 Å². The lowest BCUT2D eigenvalue weighted by Gasteiger charge is -2.43. The number of carbonyl (C=O) groups is 2. The Morgan fingerprint density at radius 1 is 1.10 bits per heavy atom. The number of likely N-dealkylation sites (N-methyl/N-ethyl adjacent to an activating group) is 1. The van der Waals surface area contributed by atoms with Gasteiger partial charge in [0.25, 0.3) is 5.91 Å². The summed E-state index contributed by atoms with van der Waals surface area (Å²) >= 11 is 7.24. The van der Waals surface area contributed by atoms with E-state index in [2.05, 4.69) is 0 Å². The number of likely N-dealkylation sites (tertiary alicyclic amines) is 1. The molecule has 1 aliphatic heterocycles. The van der Waals surface area contributed by atoms with Crippen LogP contribution in [0.5, 0.6) is 0 Å². The number of hydrogen-bond donors (Lipinski definition) is 0. The molecule has 1 saturated heterocycles. The molecule has 0 radical (unpaired) electrons. The molecule has 0 spiro atoms. The van der Waals surface area contributed by atoms with Gasteiger partial charge in [0.1, 0.15) is 0 Å². The van der Waals surface area contributed by atoms with Gasteiger partial charge in [0.05, 0.1) is 6.61 Å². The highest BCUT2D eigenvalue weighted by Crippen LogP contribution is 2.51. The van der Waals surface area contributed by atoms with Crippen LogP contribution < -0.4 is 0 Å². The number of benzene rings is 2. The van der Waals surface area contributed by atoms with Crippen LogP contribution >= 0.6 is 11.6 Å². The molecule has 1 heterocycles. The van der Waals surface area contributed by atoms with Crippen molar-refractivity contribution in [3.63, 3.8) is 0 Å². The first-order valence-electron chi connectivity index (χ1n) is 13.6. The van der Waals surface area contributed by atoms with Crippen LogP contribution in [0.15, 0.2) is 48.5 Å². The summed E-state index contributed by atoms with van der Waals surface area (Å²) in [6, 6.07) is 14.6. The summed E-state index contributed by atoms with van der Waals surface area (Å²) < 4.78 is 52.2. The second-order valence-corrected chi connectivity index (χ2v) is 11.4. The molecule has 218 valence electrons. The topological polar surface area (TPSA) is 59.1 Å². The van der Waals surface area contributed by atoms with E-state index in [0.717, 1.165) is 48.8 Å². The van der Waals surface area contributed by atoms with Crippen LogP contribution in [0.3, 0.4) is 0 Å². The van der Waals surface area contributed by atoms with E-state index in [4.69, 9.17) is 21.1 Å². The third kappa shape index (κ3) is 6.02. The fraction of sp³-hybridized carbons (Fsp3) is 0.533. The molecule has 0 bridgehead atoms. The Labute approximate surface area is 238 Å². The Hall–Kier alpha value is -2.62. The minimum absolute atomic E-state index is 0.0159. The highest BCUT2D eigenvalue weighted by atomic mass is 35.5. The van der Waals surface area contributed by atoms with Crippen molar-refractivity contribution in [2.45, 2.75) is 68.3 Å². The number of nitrogens with zero attached hydrogens (tertiary/aromatic N) is 2. The molecule has 1 amide bonds. The highest BCUT2D eigenvalue weighted by Gasteiger charge is 2.67. The van der Waals surface area contributed by atoms with Crippen molar-refractivity contribution in [1.82, 2.24) is 9.80 Å². The van der Waals surface area contributed by atoms with Gasteiger partial charge in [0.2, 0.25) is 10.7 Å². The Bertz CT molecular complexity index is 1200. The molecule has 2 aromatic carbocycles. The van der Waals surface area contributed by atoms with Gasteiger partial charge in [-0.05, 0) is 50.6 Å². The van der Waals surface area contributed by atoms with Crippen LogP contribution in [0.4, 0.5) is 13.2 Å². The van der Waals surface area contributed by atoms with E-state index >= 15 is 0 Å². The van der Waals surface area contributed by atoms with Crippen molar-refractivity contribution in [2.75, 3.05) is 33.8 Å². The summed E-state index contributed by atoms with van der Waals surface area (Å²) in [6.45, 7) is 2.32. The van der Waals surface area contributed by atoms with E-state index in [0.29, 0.717) is 6.54 Å². The molecule has 2 unspecified atom stereocenters. The number of carbonyl (C=O) groups excluding carboxylic acids is 2.